The van der Waals surface area contributed by atoms with E-state index < -0.39 is 5.54 Å². The molecule has 0 radical (unpaired) electrons. The number of rotatable bonds is 5. The standard InChI is InChI=1S/C21H26N6O2/c1-13-17(14(2)27(3)25-13)19(28)24-21(10-4-5-11-21)20-23-18(26-29-20)16-8-6-15(12-22)7-9-16/h6-9H,4-5,10-12,22H2,1-3H3,(H,24,28). The Hall–Kier alpha value is -3.00. The van der Waals surface area contributed by atoms with Crippen LogP contribution in [0.5, 0.6) is 0 Å². The summed E-state index contributed by atoms with van der Waals surface area (Å²) >= 11 is 0. The van der Waals surface area contributed by atoms with Crippen LogP contribution in [0.15, 0.2) is 28.8 Å². The molecule has 3 aromatic rings. The monoisotopic (exact) mass is 394 g/mol. The maximum Gasteiger partial charge on any atom is 0.255 e. The van der Waals surface area contributed by atoms with Crippen LogP contribution in [0.3, 0.4) is 0 Å². The lowest BCUT2D eigenvalue weighted by molar-refractivity contribution is 0.0873. The molecule has 0 atom stereocenters. The quantitative estimate of drug-likeness (QED) is 0.688. The summed E-state index contributed by atoms with van der Waals surface area (Å²) in [5, 5.41) is 11.7. The summed E-state index contributed by atoms with van der Waals surface area (Å²) < 4.78 is 7.37. The van der Waals surface area contributed by atoms with Crippen molar-refractivity contribution in [1.82, 2.24) is 25.2 Å². The van der Waals surface area contributed by atoms with Gasteiger partial charge in [0.15, 0.2) is 0 Å². The zero-order chi connectivity index (χ0) is 20.6. The number of amides is 1. The predicted octanol–water partition coefficient (Wildman–Crippen LogP) is 2.74. The Balaban J connectivity index is 1.63. The molecule has 1 aliphatic carbocycles. The fraction of sp³-hybridized carbons (Fsp3) is 0.429. The number of carbonyl (C=O) groups excluding carboxylic acids is 1. The third kappa shape index (κ3) is 3.44. The van der Waals surface area contributed by atoms with Crippen molar-refractivity contribution < 1.29 is 9.32 Å². The lowest BCUT2D eigenvalue weighted by Crippen LogP contribution is -2.44. The molecule has 0 bridgehead atoms. The largest absolute Gasteiger partial charge is 0.337 e. The second-order valence-electron chi connectivity index (χ2n) is 7.74. The molecular formula is C21H26N6O2. The van der Waals surface area contributed by atoms with Crippen molar-refractivity contribution in [1.29, 1.82) is 0 Å². The summed E-state index contributed by atoms with van der Waals surface area (Å²) in [6.07, 6.45) is 3.53. The van der Waals surface area contributed by atoms with Gasteiger partial charge in [0.2, 0.25) is 5.82 Å². The third-order valence-corrected chi connectivity index (χ3v) is 5.83. The number of nitrogens with two attached hydrogens (primary N) is 1. The average molecular weight is 394 g/mol. The van der Waals surface area contributed by atoms with E-state index in [1.807, 2.05) is 45.2 Å². The van der Waals surface area contributed by atoms with E-state index in [9.17, 15) is 4.79 Å². The number of nitrogens with zero attached hydrogens (tertiary/aromatic N) is 4. The van der Waals surface area contributed by atoms with E-state index in [4.69, 9.17) is 10.3 Å². The highest BCUT2D eigenvalue weighted by molar-refractivity contribution is 5.96. The smallest absolute Gasteiger partial charge is 0.255 e. The van der Waals surface area contributed by atoms with Gasteiger partial charge >= 0.3 is 0 Å². The molecule has 2 aromatic heterocycles. The predicted molar refractivity (Wildman–Crippen MR) is 108 cm³/mol. The molecule has 2 heterocycles. The van der Waals surface area contributed by atoms with Crippen LogP contribution in [0.2, 0.25) is 0 Å². The SMILES string of the molecule is Cc1nn(C)c(C)c1C(=O)NC1(c2nc(-c3ccc(CN)cc3)no2)CCCC1. The van der Waals surface area contributed by atoms with E-state index in [1.165, 1.54) is 0 Å². The maximum absolute atomic E-state index is 13.1. The van der Waals surface area contributed by atoms with Crippen LogP contribution in [0.1, 0.15) is 58.9 Å². The summed E-state index contributed by atoms with van der Waals surface area (Å²) in [5.74, 6) is 0.820. The number of aromatic nitrogens is 4. The minimum atomic E-state index is -0.645. The Morgan fingerprint density at radius 1 is 1.24 bits per heavy atom. The van der Waals surface area contributed by atoms with E-state index >= 15 is 0 Å². The molecule has 0 saturated heterocycles. The van der Waals surface area contributed by atoms with Gasteiger partial charge in [0.1, 0.15) is 5.54 Å². The van der Waals surface area contributed by atoms with E-state index in [0.29, 0.717) is 29.5 Å². The summed E-state index contributed by atoms with van der Waals surface area (Å²) in [6, 6.07) is 7.76. The molecule has 0 aliphatic heterocycles. The maximum atomic E-state index is 13.1. The molecule has 8 heteroatoms. The number of nitrogens with one attached hydrogen (secondary N) is 1. The molecule has 1 amide bonds. The molecule has 1 aromatic carbocycles. The van der Waals surface area contributed by atoms with Crippen molar-refractivity contribution in [2.24, 2.45) is 12.8 Å². The van der Waals surface area contributed by atoms with Gasteiger partial charge in [0.05, 0.1) is 11.3 Å². The third-order valence-electron chi connectivity index (χ3n) is 5.83. The van der Waals surface area contributed by atoms with Gasteiger partial charge < -0.3 is 15.6 Å². The second kappa shape index (κ2) is 7.44. The minimum absolute atomic E-state index is 0.151. The van der Waals surface area contributed by atoms with Crippen LogP contribution in [0, 0.1) is 13.8 Å². The molecule has 0 spiro atoms. The Morgan fingerprint density at radius 3 is 2.52 bits per heavy atom. The van der Waals surface area contributed by atoms with Gasteiger partial charge in [-0.25, -0.2) is 0 Å². The van der Waals surface area contributed by atoms with Gasteiger partial charge in [-0.1, -0.05) is 42.3 Å². The fourth-order valence-corrected chi connectivity index (χ4v) is 4.08. The van der Waals surface area contributed by atoms with Gasteiger partial charge in [-0.2, -0.15) is 10.1 Å². The molecule has 8 nitrogen and oxygen atoms in total. The van der Waals surface area contributed by atoms with Crippen LogP contribution >= 0.6 is 0 Å². The van der Waals surface area contributed by atoms with Crippen LogP contribution < -0.4 is 11.1 Å². The van der Waals surface area contributed by atoms with Crippen molar-refractivity contribution in [3.8, 4) is 11.4 Å². The Labute approximate surface area is 169 Å². The zero-order valence-corrected chi connectivity index (χ0v) is 17.0. The van der Waals surface area contributed by atoms with Crippen molar-refractivity contribution in [2.75, 3.05) is 0 Å². The van der Waals surface area contributed by atoms with Crippen LogP contribution in [-0.2, 0) is 19.1 Å². The summed E-state index contributed by atoms with van der Waals surface area (Å²) in [7, 11) is 1.84. The summed E-state index contributed by atoms with van der Waals surface area (Å²) in [4.78, 5) is 17.8. The molecule has 29 heavy (non-hydrogen) atoms. The first-order chi connectivity index (χ1) is 13.9. The Kier molecular flexibility index (Phi) is 4.96. The molecule has 1 saturated carbocycles. The number of aryl methyl sites for hydroxylation is 2. The molecule has 4 rings (SSSR count). The molecule has 3 N–H and O–H groups in total. The first-order valence-corrected chi connectivity index (χ1v) is 9.90. The Bertz CT molecular complexity index is 1030. The van der Waals surface area contributed by atoms with Crippen LogP contribution in [0.25, 0.3) is 11.4 Å². The molecular weight excluding hydrogens is 368 g/mol. The molecule has 0 unspecified atom stereocenters. The number of benzene rings is 1. The van der Waals surface area contributed by atoms with Crippen LogP contribution in [-0.4, -0.2) is 25.8 Å². The zero-order valence-electron chi connectivity index (χ0n) is 17.0. The van der Waals surface area contributed by atoms with Gasteiger partial charge in [0, 0.05) is 24.8 Å². The van der Waals surface area contributed by atoms with E-state index in [2.05, 4.69) is 20.6 Å². The van der Waals surface area contributed by atoms with E-state index in [-0.39, 0.29) is 5.91 Å². The van der Waals surface area contributed by atoms with Gasteiger partial charge in [-0.3, -0.25) is 9.48 Å². The Morgan fingerprint density at radius 2 is 1.93 bits per heavy atom. The number of hydrogen-bond donors (Lipinski definition) is 2. The van der Waals surface area contributed by atoms with Crippen LogP contribution in [0.4, 0.5) is 0 Å². The van der Waals surface area contributed by atoms with E-state index in [0.717, 1.165) is 42.5 Å². The molecule has 152 valence electrons. The minimum Gasteiger partial charge on any atom is -0.337 e. The van der Waals surface area contributed by atoms with E-state index in [1.54, 1.807) is 4.68 Å². The average Bonchev–Trinajstić information content (AvgIpc) is 3.43. The van der Waals surface area contributed by atoms with Crippen molar-refractivity contribution >= 4 is 5.91 Å². The number of carbonyl (C=O) groups is 1. The summed E-state index contributed by atoms with van der Waals surface area (Å²) in [6.45, 7) is 4.23. The van der Waals surface area contributed by atoms with Crippen molar-refractivity contribution in [3.05, 3.63) is 52.7 Å². The van der Waals surface area contributed by atoms with Gasteiger partial charge in [-0.05, 0) is 32.3 Å². The first-order valence-electron chi connectivity index (χ1n) is 9.90. The molecule has 1 fully saturated rings. The fourth-order valence-electron chi connectivity index (χ4n) is 4.08. The highest BCUT2D eigenvalue weighted by Crippen LogP contribution is 2.39. The van der Waals surface area contributed by atoms with Crippen molar-refractivity contribution in [3.63, 3.8) is 0 Å². The lowest BCUT2D eigenvalue weighted by Gasteiger charge is -2.26. The number of hydrogen-bond acceptors (Lipinski definition) is 6. The topological polar surface area (TPSA) is 112 Å². The lowest BCUT2D eigenvalue weighted by atomic mass is 9.96. The molecule has 1 aliphatic rings. The van der Waals surface area contributed by atoms with Crippen molar-refractivity contribution in [2.45, 2.75) is 51.6 Å². The normalized spacial score (nSPS) is 15.6. The second-order valence-corrected chi connectivity index (χ2v) is 7.74. The summed E-state index contributed by atoms with van der Waals surface area (Å²) in [5.41, 5.74) is 9.07. The highest BCUT2D eigenvalue weighted by atomic mass is 16.5. The highest BCUT2D eigenvalue weighted by Gasteiger charge is 2.43. The van der Waals surface area contributed by atoms with Gasteiger partial charge in [-0.15, -0.1) is 0 Å². The van der Waals surface area contributed by atoms with Gasteiger partial charge in [0.25, 0.3) is 11.8 Å². The first kappa shape index (κ1) is 19.3.